The molecule has 4 rings (SSSR count). The monoisotopic (exact) mass is 374 g/mol. The van der Waals surface area contributed by atoms with E-state index in [-0.39, 0.29) is 17.5 Å². The molecule has 140 valence electrons. The first kappa shape index (κ1) is 17.7. The van der Waals surface area contributed by atoms with Crippen molar-refractivity contribution >= 4 is 11.9 Å². The molecule has 1 aliphatic rings. The number of benzene rings is 2. The van der Waals surface area contributed by atoms with E-state index < -0.39 is 5.97 Å². The minimum Gasteiger partial charge on any atom is -0.491 e. The third-order valence-corrected chi connectivity index (χ3v) is 4.70. The minimum absolute atomic E-state index is 0.154. The maximum Gasteiger partial charge on any atom is 0.336 e. The number of nitrogens with one attached hydrogen (secondary N) is 1. The van der Waals surface area contributed by atoms with Crippen LogP contribution in [0.2, 0.25) is 0 Å². The van der Waals surface area contributed by atoms with Crippen LogP contribution >= 0.6 is 0 Å². The smallest absolute Gasteiger partial charge is 0.336 e. The van der Waals surface area contributed by atoms with Crippen LogP contribution in [-0.4, -0.2) is 28.6 Å². The fraction of sp³-hybridized carbons (Fsp3) is 0.136. The summed E-state index contributed by atoms with van der Waals surface area (Å²) in [5, 5.41) is 12.5. The topological polar surface area (TPSA) is 88.5 Å². The van der Waals surface area contributed by atoms with Crippen LogP contribution in [0, 0.1) is 0 Å². The molecule has 28 heavy (non-hydrogen) atoms. The van der Waals surface area contributed by atoms with Gasteiger partial charge in [-0.2, -0.15) is 0 Å². The van der Waals surface area contributed by atoms with Crippen molar-refractivity contribution in [3.05, 3.63) is 83.7 Å². The number of hydrogen-bond donors (Lipinski definition) is 2. The summed E-state index contributed by atoms with van der Waals surface area (Å²) in [6.07, 6.45) is 2.29. The lowest BCUT2D eigenvalue weighted by molar-refractivity contribution is 0.0697. The molecule has 1 atom stereocenters. The van der Waals surface area contributed by atoms with Crippen LogP contribution in [0.1, 0.15) is 38.9 Å². The standard InChI is InChI=1S/C22H18N2O4/c25-21(24-18-10-12-28-19-7-4-11-23-20(18)19)15-8-9-16(22(26)27)17(13-15)14-5-2-1-3-6-14/h1-9,11,13,18H,10,12H2,(H,24,25)(H,26,27). The predicted molar refractivity (Wildman–Crippen MR) is 103 cm³/mol. The average Bonchev–Trinajstić information content (AvgIpc) is 2.74. The Morgan fingerprint density at radius 3 is 2.68 bits per heavy atom. The van der Waals surface area contributed by atoms with Crippen molar-refractivity contribution in [1.29, 1.82) is 0 Å². The van der Waals surface area contributed by atoms with Crippen molar-refractivity contribution in [2.24, 2.45) is 0 Å². The van der Waals surface area contributed by atoms with Gasteiger partial charge in [-0.25, -0.2) is 4.79 Å². The highest BCUT2D eigenvalue weighted by Gasteiger charge is 2.25. The first-order valence-electron chi connectivity index (χ1n) is 8.95. The SMILES string of the molecule is O=C(NC1CCOc2cccnc21)c1ccc(C(=O)O)c(-c2ccccc2)c1. The maximum atomic E-state index is 12.9. The third kappa shape index (κ3) is 3.44. The lowest BCUT2D eigenvalue weighted by Crippen LogP contribution is -2.32. The van der Waals surface area contributed by atoms with Crippen LogP contribution in [-0.2, 0) is 0 Å². The largest absolute Gasteiger partial charge is 0.491 e. The van der Waals surface area contributed by atoms with Crippen molar-refractivity contribution in [3.8, 4) is 16.9 Å². The fourth-order valence-electron chi connectivity index (χ4n) is 3.32. The third-order valence-electron chi connectivity index (χ3n) is 4.70. The summed E-state index contributed by atoms with van der Waals surface area (Å²) in [6.45, 7) is 0.497. The minimum atomic E-state index is -1.03. The molecule has 1 aliphatic heterocycles. The van der Waals surface area contributed by atoms with Gasteiger partial charge in [0.15, 0.2) is 0 Å². The Bertz CT molecular complexity index is 1030. The summed E-state index contributed by atoms with van der Waals surface area (Å²) < 4.78 is 5.58. The Kier molecular flexibility index (Phi) is 4.76. The van der Waals surface area contributed by atoms with E-state index >= 15 is 0 Å². The van der Waals surface area contributed by atoms with E-state index in [1.54, 1.807) is 18.3 Å². The van der Waals surface area contributed by atoms with Gasteiger partial charge in [0.1, 0.15) is 11.4 Å². The van der Waals surface area contributed by atoms with E-state index in [4.69, 9.17) is 4.74 Å². The number of carboxylic acid groups (broad SMARTS) is 1. The van der Waals surface area contributed by atoms with Gasteiger partial charge in [-0.05, 0) is 41.5 Å². The van der Waals surface area contributed by atoms with Crippen LogP contribution in [0.5, 0.6) is 5.75 Å². The lowest BCUT2D eigenvalue weighted by Gasteiger charge is -2.25. The van der Waals surface area contributed by atoms with Gasteiger partial charge >= 0.3 is 5.97 Å². The molecule has 0 spiro atoms. The molecule has 3 aromatic rings. The van der Waals surface area contributed by atoms with E-state index in [9.17, 15) is 14.7 Å². The normalized spacial score (nSPS) is 15.2. The predicted octanol–water partition coefficient (Wildman–Crippen LogP) is 3.70. The second kappa shape index (κ2) is 7.52. The van der Waals surface area contributed by atoms with Crippen LogP contribution in [0.3, 0.4) is 0 Å². The van der Waals surface area contributed by atoms with E-state index in [1.165, 1.54) is 12.1 Å². The summed E-state index contributed by atoms with van der Waals surface area (Å²) in [5.74, 6) is -0.642. The first-order chi connectivity index (χ1) is 13.6. The van der Waals surface area contributed by atoms with E-state index in [1.807, 2.05) is 36.4 Å². The number of ether oxygens (including phenoxy) is 1. The van der Waals surface area contributed by atoms with Gasteiger partial charge in [0.2, 0.25) is 0 Å². The number of amides is 1. The van der Waals surface area contributed by atoms with Gasteiger partial charge in [0.25, 0.3) is 5.91 Å². The summed E-state index contributed by atoms with van der Waals surface area (Å²) in [6, 6.07) is 17.1. The van der Waals surface area contributed by atoms with Gasteiger partial charge in [0, 0.05) is 18.2 Å². The number of hydrogen-bond acceptors (Lipinski definition) is 4. The molecule has 2 heterocycles. The Morgan fingerprint density at radius 2 is 1.89 bits per heavy atom. The summed E-state index contributed by atoms with van der Waals surface area (Å²) >= 11 is 0. The number of carbonyl (C=O) groups is 2. The number of nitrogens with zero attached hydrogens (tertiary/aromatic N) is 1. The number of aromatic nitrogens is 1. The summed E-state index contributed by atoms with van der Waals surface area (Å²) in [5.41, 5.74) is 2.50. The van der Waals surface area contributed by atoms with Gasteiger partial charge < -0.3 is 15.2 Å². The molecule has 0 bridgehead atoms. The second-order valence-corrected chi connectivity index (χ2v) is 6.48. The van der Waals surface area contributed by atoms with E-state index in [2.05, 4.69) is 10.3 Å². The fourth-order valence-corrected chi connectivity index (χ4v) is 3.32. The molecule has 2 aromatic carbocycles. The van der Waals surface area contributed by atoms with Crippen molar-refractivity contribution in [2.45, 2.75) is 12.5 Å². The number of pyridine rings is 1. The van der Waals surface area contributed by atoms with Crippen LogP contribution in [0.15, 0.2) is 66.9 Å². The van der Waals surface area contributed by atoms with Crippen molar-refractivity contribution < 1.29 is 19.4 Å². The highest BCUT2D eigenvalue weighted by Crippen LogP contribution is 2.30. The number of carbonyl (C=O) groups excluding carboxylic acids is 1. The molecule has 0 saturated carbocycles. The number of aromatic carboxylic acids is 1. The van der Waals surface area contributed by atoms with Gasteiger partial charge in [0.05, 0.1) is 18.2 Å². The van der Waals surface area contributed by atoms with Crippen molar-refractivity contribution in [3.63, 3.8) is 0 Å². The quantitative estimate of drug-likeness (QED) is 0.727. The molecule has 1 amide bonds. The molecular weight excluding hydrogens is 356 g/mol. The van der Waals surface area contributed by atoms with E-state index in [0.29, 0.717) is 35.6 Å². The average molecular weight is 374 g/mol. The zero-order chi connectivity index (χ0) is 19.5. The summed E-state index contributed by atoms with van der Waals surface area (Å²) in [7, 11) is 0. The Morgan fingerprint density at radius 1 is 1.07 bits per heavy atom. The number of rotatable bonds is 4. The second-order valence-electron chi connectivity index (χ2n) is 6.48. The number of carboxylic acids is 1. The number of fused-ring (bicyclic) bond motifs is 1. The van der Waals surface area contributed by atoms with Gasteiger partial charge in [-0.3, -0.25) is 9.78 Å². The van der Waals surface area contributed by atoms with E-state index in [0.717, 1.165) is 5.56 Å². The first-order valence-corrected chi connectivity index (χ1v) is 8.95. The highest BCUT2D eigenvalue weighted by atomic mass is 16.5. The molecule has 0 saturated heterocycles. The molecule has 1 aromatic heterocycles. The van der Waals surface area contributed by atoms with Crippen LogP contribution in [0.25, 0.3) is 11.1 Å². The molecular formula is C22H18N2O4. The van der Waals surface area contributed by atoms with Crippen molar-refractivity contribution in [1.82, 2.24) is 10.3 Å². The van der Waals surface area contributed by atoms with Crippen LogP contribution in [0.4, 0.5) is 0 Å². The molecule has 6 heteroatoms. The lowest BCUT2D eigenvalue weighted by atomic mass is 9.96. The zero-order valence-corrected chi connectivity index (χ0v) is 15.0. The molecule has 2 N–H and O–H groups in total. The Balaban J connectivity index is 1.65. The molecule has 6 nitrogen and oxygen atoms in total. The molecule has 0 aliphatic carbocycles. The van der Waals surface area contributed by atoms with Crippen LogP contribution < -0.4 is 10.1 Å². The maximum absolute atomic E-state index is 12.9. The molecule has 0 fully saturated rings. The molecule has 0 radical (unpaired) electrons. The Hall–Kier alpha value is -3.67. The van der Waals surface area contributed by atoms with Gasteiger partial charge in [-0.15, -0.1) is 0 Å². The highest BCUT2D eigenvalue weighted by molar-refractivity contribution is 6.01. The zero-order valence-electron chi connectivity index (χ0n) is 15.0. The summed E-state index contributed by atoms with van der Waals surface area (Å²) in [4.78, 5) is 28.8. The van der Waals surface area contributed by atoms with Gasteiger partial charge in [-0.1, -0.05) is 30.3 Å². The van der Waals surface area contributed by atoms with Crippen molar-refractivity contribution in [2.75, 3.05) is 6.61 Å². The Labute approximate surface area is 161 Å². The molecule has 1 unspecified atom stereocenters.